The normalized spacial score (nSPS) is 25.1. The van der Waals surface area contributed by atoms with Crippen molar-refractivity contribution in [3.63, 3.8) is 0 Å². The number of hydrogen-bond donors (Lipinski definition) is 2. The van der Waals surface area contributed by atoms with Gasteiger partial charge in [0.1, 0.15) is 12.3 Å². The summed E-state index contributed by atoms with van der Waals surface area (Å²) in [4.78, 5) is 29.1. The van der Waals surface area contributed by atoms with Crippen molar-refractivity contribution < 1.29 is 14.3 Å². The van der Waals surface area contributed by atoms with Gasteiger partial charge >= 0.3 is 0 Å². The minimum atomic E-state index is -0.153. The zero-order valence-electron chi connectivity index (χ0n) is 15.9. The van der Waals surface area contributed by atoms with E-state index in [4.69, 9.17) is 4.74 Å². The quantitative estimate of drug-likeness (QED) is 0.813. The van der Waals surface area contributed by atoms with Gasteiger partial charge in [-0.1, -0.05) is 6.07 Å². The van der Waals surface area contributed by atoms with Crippen LogP contribution in [0.1, 0.15) is 19.3 Å². The third-order valence-electron chi connectivity index (χ3n) is 6.22. The van der Waals surface area contributed by atoms with E-state index in [-0.39, 0.29) is 29.8 Å². The Bertz CT molecular complexity index is 717. The van der Waals surface area contributed by atoms with Gasteiger partial charge in [-0.3, -0.25) is 9.59 Å². The number of nitrogens with one attached hydrogen (secondary N) is 2. The second kappa shape index (κ2) is 7.48. The molecular weight excluding hydrogens is 344 g/mol. The molecule has 3 heterocycles. The fourth-order valence-electron chi connectivity index (χ4n) is 4.56. The van der Waals surface area contributed by atoms with Crippen molar-refractivity contribution >= 4 is 17.5 Å². The number of methoxy groups -OCH3 is 1. The van der Waals surface area contributed by atoms with E-state index in [1.807, 2.05) is 24.3 Å². The standard InChI is InChI=1S/C20H28N4O3/c1-27-16-4-2-3-15(11-16)24-10-9-23(13-18(24)25)19(26)17-12-20(14-22-17)5-7-21-8-6-20/h2-4,11,17,21-22H,5-10,12-14H2,1H3/t17-/m1/s1. The fraction of sp³-hybridized carbons (Fsp3) is 0.600. The van der Waals surface area contributed by atoms with E-state index < -0.39 is 0 Å². The van der Waals surface area contributed by atoms with Gasteiger partial charge in [0.2, 0.25) is 11.8 Å². The van der Waals surface area contributed by atoms with Gasteiger partial charge in [-0.2, -0.15) is 0 Å². The highest BCUT2D eigenvalue weighted by Gasteiger charge is 2.44. The molecule has 2 amide bonds. The van der Waals surface area contributed by atoms with E-state index in [1.165, 1.54) is 0 Å². The van der Waals surface area contributed by atoms with E-state index >= 15 is 0 Å². The SMILES string of the molecule is COc1cccc(N2CCN(C(=O)[C@H]3CC4(CCNCC4)CN3)CC2=O)c1. The van der Waals surface area contributed by atoms with Crippen LogP contribution in [0, 0.1) is 5.41 Å². The molecular formula is C20H28N4O3. The lowest BCUT2D eigenvalue weighted by Crippen LogP contribution is -2.55. The molecule has 2 N–H and O–H groups in total. The number of anilines is 1. The van der Waals surface area contributed by atoms with Crippen LogP contribution in [-0.4, -0.2) is 69.1 Å². The predicted molar refractivity (Wildman–Crippen MR) is 103 cm³/mol. The van der Waals surface area contributed by atoms with E-state index in [0.717, 1.165) is 50.3 Å². The molecule has 1 aromatic carbocycles. The lowest BCUT2D eigenvalue weighted by atomic mass is 9.77. The summed E-state index contributed by atoms with van der Waals surface area (Å²) in [6, 6.07) is 7.33. The number of hydrogen-bond acceptors (Lipinski definition) is 5. The first-order valence-corrected chi connectivity index (χ1v) is 9.78. The first kappa shape index (κ1) is 18.3. The van der Waals surface area contributed by atoms with Crippen molar-refractivity contribution in [2.24, 2.45) is 5.41 Å². The molecule has 3 aliphatic rings. The van der Waals surface area contributed by atoms with Gasteiger partial charge in [-0.05, 0) is 49.9 Å². The Hall–Kier alpha value is -2.12. The van der Waals surface area contributed by atoms with Crippen molar-refractivity contribution in [2.45, 2.75) is 25.3 Å². The van der Waals surface area contributed by atoms with Gasteiger partial charge in [0.05, 0.1) is 13.2 Å². The van der Waals surface area contributed by atoms with Crippen molar-refractivity contribution in [3.8, 4) is 5.75 Å². The topological polar surface area (TPSA) is 73.9 Å². The Morgan fingerprint density at radius 1 is 1.26 bits per heavy atom. The molecule has 7 nitrogen and oxygen atoms in total. The van der Waals surface area contributed by atoms with E-state index in [0.29, 0.717) is 13.1 Å². The number of ether oxygens (including phenoxy) is 1. The van der Waals surface area contributed by atoms with Crippen LogP contribution in [0.3, 0.4) is 0 Å². The summed E-state index contributed by atoms with van der Waals surface area (Å²) < 4.78 is 5.25. The number of piperidine rings is 1. The van der Waals surface area contributed by atoms with E-state index in [2.05, 4.69) is 10.6 Å². The summed E-state index contributed by atoms with van der Waals surface area (Å²) in [6.07, 6.45) is 3.12. The largest absolute Gasteiger partial charge is 0.497 e. The van der Waals surface area contributed by atoms with Crippen LogP contribution in [0.5, 0.6) is 5.75 Å². The molecule has 146 valence electrons. The fourth-order valence-corrected chi connectivity index (χ4v) is 4.56. The summed E-state index contributed by atoms with van der Waals surface area (Å²) in [5.41, 5.74) is 1.07. The van der Waals surface area contributed by atoms with Crippen LogP contribution in [0.2, 0.25) is 0 Å². The highest BCUT2D eigenvalue weighted by atomic mass is 16.5. The zero-order valence-corrected chi connectivity index (χ0v) is 15.9. The van der Waals surface area contributed by atoms with Crippen LogP contribution < -0.4 is 20.3 Å². The molecule has 0 radical (unpaired) electrons. The van der Waals surface area contributed by atoms with Crippen molar-refractivity contribution in [3.05, 3.63) is 24.3 Å². The Morgan fingerprint density at radius 2 is 2.07 bits per heavy atom. The molecule has 0 aromatic heterocycles. The lowest BCUT2D eigenvalue weighted by molar-refractivity contribution is -0.138. The van der Waals surface area contributed by atoms with Gasteiger partial charge < -0.3 is 25.2 Å². The molecule has 1 spiro atoms. The first-order valence-electron chi connectivity index (χ1n) is 9.78. The van der Waals surface area contributed by atoms with Crippen molar-refractivity contribution in [1.82, 2.24) is 15.5 Å². The number of carbonyl (C=O) groups is 2. The highest BCUT2D eigenvalue weighted by Crippen LogP contribution is 2.38. The molecule has 3 aliphatic heterocycles. The van der Waals surface area contributed by atoms with Gasteiger partial charge in [-0.15, -0.1) is 0 Å². The van der Waals surface area contributed by atoms with Crippen LogP contribution in [0.4, 0.5) is 5.69 Å². The van der Waals surface area contributed by atoms with E-state index in [1.54, 1.807) is 16.9 Å². The summed E-state index contributed by atoms with van der Waals surface area (Å²) >= 11 is 0. The Balaban J connectivity index is 1.38. The van der Waals surface area contributed by atoms with E-state index in [9.17, 15) is 9.59 Å². The van der Waals surface area contributed by atoms with Gasteiger partial charge in [0.15, 0.2) is 0 Å². The maximum absolute atomic E-state index is 13.0. The molecule has 7 heteroatoms. The van der Waals surface area contributed by atoms with Gasteiger partial charge in [0, 0.05) is 31.4 Å². The number of benzene rings is 1. The lowest BCUT2D eigenvalue weighted by Gasteiger charge is -2.36. The Kier molecular flexibility index (Phi) is 5.06. The summed E-state index contributed by atoms with van der Waals surface area (Å²) in [5, 5.41) is 6.82. The minimum absolute atomic E-state index is 0.0440. The molecule has 3 fully saturated rings. The first-order chi connectivity index (χ1) is 13.1. The summed E-state index contributed by atoms with van der Waals surface area (Å²) in [6.45, 7) is 4.18. The summed E-state index contributed by atoms with van der Waals surface area (Å²) in [5.74, 6) is 0.753. The Labute approximate surface area is 160 Å². The molecule has 1 atom stereocenters. The predicted octanol–water partition coefficient (Wildman–Crippen LogP) is 0.602. The molecule has 0 unspecified atom stereocenters. The molecule has 3 saturated heterocycles. The number of rotatable bonds is 3. The second-order valence-corrected chi connectivity index (χ2v) is 7.89. The van der Waals surface area contributed by atoms with Crippen LogP contribution in [-0.2, 0) is 9.59 Å². The molecule has 0 saturated carbocycles. The molecule has 27 heavy (non-hydrogen) atoms. The second-order valence-electron chi connectivity index (χ2n) is 7.89. The average molecular weight is 372 g/mol. The summed E-state index contributed by atoms with van der Waals surface area (Å²) in [7, 11) is 1.61. The highest BCUT2D eigenvalue weighted by molar-refractivity contribution is 5.98. The Morgan fingerprint density at radius 3 is 2.81 bits per heavy atom. The third-order valence-corrected chi connectivity index (χ3v) is 6.22. The number of nitrogens with zero attached hydrogens (tertiary/aromatic N) is 2. The maximum atomic E-state index is 13.0. The van der Waals surface area contributed by atoms with Crippen LogP contribution in [0.15, 0.2) is 24.3 Å². The number of carbonyl (C=O) groups excluding carboxylic acids is 2. The minimum Gasteiger partial charge on any atom is -0.497 e. The molecule has 1 aromatic rings. The van der Waals surface area contributed by atoms with Crippen molar-refractivity contribution in [2.75, 3.05) is 51.3 Å². The van der Waals surface area contributed by atoms with Gasteiger partial charge in [-0.25, -0.2) is 0 Å². The average Bonchev–Trinajstić information content (AvgIpc) is 3.11. The van der Waals surface area contributed by atoms with Gasteiger partial charge in [0.25, 0.3) is 0 Å². The van der Waals surface area contributed by atoms with Crippen LogP contribution in [0.25, 0.3) is 0 Å². The van der Waals surface area contributed by atoms with Crippen LogP contribution >= 0.6 is 0 Å². The smallest absolute Gasteiger partial charge is 0.246 e. The molecule has 0 aliphatic carbocycles. The maximum Gasteiger partial charge on any atom is 0.246 e. The molecule has 4 rings (SSSR count). The zero-order chi connectivity index (χ0) is 18.9. The monoisotopic (exact) mass is 372 g/mol. The number of piperazine rings is 1. The molecule has 0 bridgehead atoms. The number of amides is 2. The third kappa shape index (κ3) is 3.66. The van der Waals surface area contributed by atoms with Crippen molar-refractivity contribution in [1.29, 1.82) is 0 Å².